The minimum atomic E-state index is -3.16. The summed E-state index contributed by atoms with van der Waals surface area (Å²) < 4.78 is 44.4. The summed E-state index contributed by atoms with van der Waals surface area (Å²) in [6.07, 6.45) is -0.257. The number of halogens is 3. The molecule has 2 aromatic rings. The first-order valence-corrected chi connectivity index (χ1v) is 9.52. The number of hydrogen-bond donors (Lipinski definition) is 2. The molecule has 2 aliphatic heterocycles. The summed E-state index contributed by atoms with van der Waals surface area (Å²) in [5, 5.41) is 17.2. The van der Waals surface area contributed by atoms with Gasteiger partial charge in [0.15, 0.2) is 0 Å². The molecule has 1 aromatic carbocycles. The molecule has 0 aliphatic carbocycles. The van der Waals surface area contributed by atoms with Crippen LogP contribution in [0.4, 0.5) is 29.3 Å². The Morgan fingerprint density at radius 3 is 2.87 bits per heavy atom. The van der Waals surface area contributed by atoms with E-state index in [-0.39, 0.29) is 43.1 Å². The zero-order valence-electron chi connectivity index (χ0n) is 16.3. The zero-order chi connectivity index (χ0) is 21.7. The Morgan fingerprint density at radius 1 is 1.37 bits per heavy atom. The fourth-order valence-electron chi connectivity index (χ4n) is 3.95. The first-order chi connectivity index (χ1) is 14.1. The number of benzene rings is 1. The Bertz CT molecular complexity index is 1060. The second-order valence-corrected chi connectivity index (χ2v) is 8.01. The molecule has 158 valence electrons. The van der Waals surface area contributed by atoms with Crippen LogP contribution in [0.1, 0.15) is 36.7 Å². The summed E-state index contributed by atoms with van der Waals surface area (Å²) in [4.78, 5) is 17.1. The molecule has 0 bridgehead atoms. The van der Waals surface area contributed by atoms with Crippen molar-refractivity contribution in [2.24, 2.45) is 0 Å². The number of aromatic nitrogens is 2. The third kappa shape index (κ3) is 3.61. The van der Waals surface area contributed by atoms with Gasteiger partial charge in [-0.1, -0.05) is 0 Å². The van der Waals surface area contributed by atoms with Crippen LogP contribution in [0.15, 0.2) is 18.2 Å². The van der Waals surface area contributed by atoms with E-state index in [0.717, 1.165) is 6.07 Å². The number of rotatable bonds is 1. The third-order valence-electron chi connectivity index (χ3n) is 5.52. The summed E-state index contributed by atoms with van der Waals surface area (Å²) in [6, 6.07) is 3.10. The Morgan fingerprint density at radius 2 is 2.13 bits per heavy atom. The summed E-state index contributed by atoms with van der Waals surface area (Å²) in [6.45, 7) is 8.66. The minimum absolute atomic E-state index is 0.0356. The summed E-state index contributed by atoms with van der Waals surface area (Å²) in [5.74, 6) is -3.85. The molecule has 2 amide bonds. The predicted octanol–water partition coefficient (Wildman–Crippen LogP) is 3.80. The van der Waals surface area contributed by atoms with Crippen LogP contribution in [0.5, 0.6) is 0 Å². The van der Waals surface area contributed by atoms with Crippen LogP contribution in [-0.2, 0) is 25.4 Å². The van der Waals surface area contributed by atoms with Crippen LogP contribution in [0.25, 0.3) is 4.85 Å². The molecule has 0 spiro atoms. The van der Waals surface area contributed by atoms with E-state index in [9.17, 15) is 23.1 Å². The van der Waals surface area contributed by atoms with Crippen LogP contribution in [0, 0.1) is 12.4 Å². The van der Waals surface area contributed by atoms with Gasteiger partial charge >= 0.3 is 6.03 Å². The Labute approximate surface area is 170 Å². The normalized spacial score (nSPS) is 22.5. The van der Waals surface area contributed by atoms with Gasteiger partial charge in [0.1, 0.15) is 11.5 Å². The van der Waals surface area contributed by atoms with Crippen molar-refractivity contribution in [3.05, 3.63) is 52.4 Å². The number of amides is 2. The predicted molar refractivity (Wildman–Crippen MR) is 102 cm³/mol. The molecule has 3 heterocycles. The Hall–Kier alpha value is -3.06. The van der Waals surface area contributed by atoms with Gasteiger partial charge in [0.2, 0.25) is 5.69 Å². The van der Waals surface area contributed by atoms with Gasteiger partial charge in [0, 0.05) is 30.6 Å². The van der Waals surface area contributed by atoms with Crippen LogP contribution in [0.2, 0.25) is 0 Å². The van der Waals surface area contributed by atoms with Crippen molar-refractivity contribution >= 4 is 17.4 Å². The molecule has 10 heteroatoms. The highest BCUT2D eigenvalue weighted by Crippen LogP contribution is 2.42. The fraction of sp³-hybridized carbons (Fsp3) is 0.450. The molecule has 2 aliphatic rings. The number of fused-ring (bicyclic) bond motifs is 3. The SMILES string of the molecule is [C-]#[N+]c1cc(NC(=O)N2CCc3nn4c(c3C2)C(F)(F)CC[C@@](C)(O)C4)ccc1F. The lowest BCUT2D eigenvalue weighted by molar-refractivity contribution is -0.0361. The molecule has 1 atom stereocenters. The molecular weight excluding hydrogens is 399 g/mol. The highest BCUT2D eigenvalue weighted by Gasteiger charge is 2.46. The number of aliphatic hydroxyl groups is 1. The molecule has 0 unspecified atom stereocenters. The van der Waals surface area contributed by atoms with Crippen LogP contribution in [-0.4, -0.2) is 38.0 Å². The van der Waals surface area contributed by atoms with Gasteiger partial charge in [-0.2, -0.15) is 13.9 Å². The van der Waals surface area contributed by atoms with Gasteiger partial charge in [-0.15, -0.1) is 0 Å². The van der Waals surface area contributed by atoms with Crippen molar-refractivity contribution in [1.29, 1.82) is 0 Å². The van der Waals surface area contributed by atoms with E-state index >= 15 is 0 Å². The van der Waals surface area contributed by atoms with Crippen molar-refractivity contribution in [2.45, 2.75) is 50.8 Å². The number of nitrogens with zero attached hydrogens (tertiary/aromatic N) is 4. The van der Waals surface area contributed by atoms with Gasteiger partial charge in [-0.3, -0.25) is 4.68 Å². The Kier molecular flexibility index (Phi) is 4.73. The van der Waals surface area contributed by atoms with E-state index < -0.39 is 29.8 Å². The second kappa shape index (κ2) is 7.02. The lowest BCUT2D eigenvalue weighted by atomic mass is 9.96. The molecule has 0 saturated carbocycles. The highest BCUT2D eigenvalue weighted by atomic mass is 19.3. The van der Waals surface area contributed by atoms with Crippen molar-refractivity contribution in [3.8, 4) is 0 Å². The van der Waals surface area contributed by atoms with E-state index in [1.807, 2.05) is 0 Å². The van der Waals surface area contributed by atoms with E-state index in [1.54, 1.807) is 0 Å². The van der Waals surface area contributed by atoms with Gasteiger partial charge in [-0.05, 0) is 31.5 Å². The molecule has 2 N–H and O–H groups in total. The monoisotopic (exact) mass is 419 g/mol. The molecule has 7 nitrogen and oxygen atoms in total. The fourth-order valence-corrected chi connectivity index (χ4v) is 3.95. The summed E-state index contributed by atoms with van der Waals surface area (Å²) in [7, 11) is 0. The maximum absolute atomic E-state index is 14.9. The molecular formula is C20H20F3N5O2. The quantitative estimate of drug-likeness (QED) is 0.691. The molecule has 0 radical (unpaired) electrons. The number of anilines is 1. The van der Waals surface area contributed by atoms with Crippen LogP contribution >= 0.6 is 0 Å². The second-order valence-electron chi connectivity index (χ2n) is 8.01. The van der Waals surface area contributed by atoms with Crippen molar-refractivity contribution < 1.29 is 23.1 Å². The average Bonchev–Trinajstić information content (AvgIpc) is 3.00. The number of carbonyl (C=O) groups excluding carboxylic acids is 1. The van der Waals surface area contributed by atoms with Crippen LogP contribution in [0.3, 0.4) is 0 Å². The minimum Gasteiger partial charge on any atom is -0.388 e. The smallest absolute Gasteiger partial charge is 0.322 e. The highest BCUT2D eigenvalue weighted by molar-refractivity contribution is 5.90. The largest absolute Gasteiger partial charge is 0.388 e. The molecule has 30 heavy (non-hydrogen) atoms. The molecule has 1 aromatic heterocycles. The number of nitrogens with one attached hydrogen (secondary N) is 1. The van der Waals surface area contributed by atoms with E-state index in [0.29, 0.717) is 17.7 Å². The van der Waals surface area contributed by atoms with Gasteiger partial charge in [0.05, 0.1) is 31.0 Å². The van der Waals surface area contributed by atoms with Crippen LogP contribution < -0.4 is 5.32 Å². The van der Waals surface area contributed by atoms with Crippen molar-refractivity contribution in [3.63, 3.8) is 0 Å². The van der Waals surface area contributed by atoms with E-state index in [2.05, 4.69) is 15.3 Å². The zero-order valence-corrected chi connectivity index (χ0v) is 16.3. The first-order valence-electron chi connectivity index (χ1n) is 9.52. The Balaban J connectivity index is 1.59. The van der Waals surface area contributed by atoms with E-state index in [4.69, 9.17) is 6.57 Å². The molecule has 0 saturated heterocycles. The van der Waals surface area contributed by atoms with Crippen molar-refractivity contribution in [2.75, 3.05) is 11.9 Å². The lowest BCUT2D eigenvalue weighted by Crippen LogP contribution is -2.39. The topological polar surface area (TPSA) is 74.8 Å². The average molecular weight is 419 g/mol. The molecule has 0 fully saturated rings. The van der Waals surface area contributed by atoms with Gasteiger partial charge in [-0.25, -0.2) is 14.0 Å². The van der Waals surface area contributed by atoms with Gasteiger partial charge in [0.25, 0.3) is 5.92 Å². The lowest BCUT2D eigenvalue weighted by Gasteiger charge is -2.28. The number of carbonyl (C=O) groups is 1. The maximum atomic E-state index is 14.9. The molecule has 4 rings (SSSR count). The standard InChI is InChI=1S/C20H20F3N5O2/c1-19(30)6-7-20(22,23)17-13-10-27(8-5-15(13)26-28(17)11-19)18(29)25-12-3-4-14(21)16(9-12)24-2/h3-4,9,30H,5-8,10-11H2,1H3,(H,25,29)/t19-/m1/s1. The summed E-state index contributed by atoms with van der Waals surface area (Å²) in [5.41, 5.74) is -0.701. The van der Waals surface area contributed by atoms with Crippen molar-refractivity contribution in [1.82, 2.24) is 14.7 Å². The van der Waals surface area contributed by atoms with E-state index in [1.165, 1.54) is 28.6 Å². The number of hydrogen-bond acceptors (Lipinski definition) is 3. The maximum Gasteiger partial charge on any atom is 0.322 e. The number of urea groups is 1. The first kappa shape index (κ1) is 20.2. The van der Waals surface area contributed by atoms with Gasteiger partial charge < -0.3 is 15.3 Å². The summed E-state index contributed by atoms with van der Waals surface area (Å²) >= 11 is 0. The third-order valence-corrected chi connectivity index (χ3v) is 5.52. The number of alkyl halides is 2.